The van der Waals surface area contributed by atoms with E-state index in [1.807, 2.05) is 0 Å². The van der Waals surface area contributed by atoms with Crippen molar-refractivity contribution in [1.29, 1.82) is 0 Å². The first-order valence-corrected chi connectivity index (χ1v) is 5.78. The third kappa shape index (κ3) is 4.44. The SMILES string of the molecule is CC(C)c1cc(SC(F)(F)F)cc(C(F)(F)F)c1. The zero-order chi connectivity index (χ0) is 14.1. The number of hydrogen-bond donors (Lipinski definition) is 0. The van der Waals surface area contributed by atoms with E-state index in [2.05, 4.69) is 0 Å². The van der Waals surface area contributed by atoms with Crippen LogP contribution < -0.4 is 0 Å². The van der Waals surface area contributed by atoms with E-state index < -0.39 is 33.9 Å². The molecule has 0 nitrogen and oxygen atoms in total. The highest BCUT2D eigenvalue weighted by atomic mass is 32.2. The number of rotatable bonds is 2. The molecule has 18 heavy (non-hydrogen) atoms. The average molecular weight is 288 g/mol. The molecule has 1 aromatic rings. The molecule has 0 aromatic heterocycles. The van der Waals surface area contributed by atoms with Crippen LogP contribution in [0.15, 0.2) is 23.1 Å². The summed E-state index contributed by atoms with van der Waals surface area (Å²) < 4.78 is 74.2. The second-order valence-electron chi connectivity index (χ2n) is 3.99. The van der Waals surface area contributed by atoms with E-state index in [1.165, 1.54) is 0 Å². The first-order chi connectivity index (χ1) is 7.99. The second-order valence-corrected chi connectivity index (χ2v) is 5.13. The van der Waals surface area contributed by atoms with Crippen LogP contribution in [0.5, 0.6) is 0 Å². The first kappa shape index (κ1) is 15.2. The molecule has 0 bridgehead atoms. The van der Waals surface area contributed by atoms with Crippen LogP contribution in [-0.2, 0) is 6.18 Å². The van der Waals surface area contributed by atoms with Crippen molar-refractivity contribution in [2.24, 2.45) is 0 Å². The van der Waals surface area contributed by atoms with Gasteiger partial charge in [0.1, 0.15) is 0 Å². The summed E-state index contributed by atoms with van der Waals surface area (Å²) in [4.78, 5) is -0.443. The molecule has 0 aliphatic carbocycles. The van der Waals surface area contributed by atoms with E-state index in [9.17, 15) is 26.3 Å². The molecule has 1 rings (SSSR count). The molecule has 0 saturated carbocycles. The van der Waals surface area contributed by atoms with Crippen LogP contribution in [0, 0.1) is 0 Å². The Kier molecular flexibility index (Phi) is 4.25. The van der Waals surface area contributed by atoms with E-state index in [1.54, 1.807) is 13.8 Å². The Balaban J connectivity index is 3.23. The first-order valence-electron chi connectivity index (χ1n) is 4.97. The van der Waals surface area contributed by atoms with Crippen LogP contribution in [0.2, 0.25) is 0 Å². The molecule has 0 saturated heterocycles. The lowest BCUT2D eigenvalue weighted by Gasteiger charge is -2.14. The molecule has 0 fully saturated rings. The Labute approximate surface area is 104 Å². The van der Waals surface area contributed by atoms with Crippen LogP contribution in [-0.4, -0.2) is 5.51 Å². The van der Waals surface area contributed by atoms with E-state index in [-0.39, 0.29) is 11.5 Å². The van der Waals surface area contributed by atoms with Gasteiger partial charge in [-0.15, -0.1) is 0 Å². The largest absolute Gasteiger partial charge is 0.446 e. The van der Waals surface area contributed by atoms with Gasteiger partial charge in [-0.05, 0) is 41.4 Å². The molecule has 0 heterocycles. The zero-order valence-electron chi connectivity index (χ0n) is 9.49. The summed E-state index contributed by atoms with van der Waals surface area (Å²) in [6.07, 6.45) is -4.65. The van der Waals surface area contributed by atoms with Gasteiger partial charge < -0.3 is 0 Å². The van der Waals surface area contributed by atoms with E-state index in [0.717, 1.165) is 12.1 Å². The van der Waals surface area contributed by atoms with Crippen molar-refractivity contribution in [2.75, 3.05) is 0 Å². The smallest absolute Gasteiger partial charge is 0.166 e. The highest BCUT2D eigenvalue weighted by molar-refractivity contribution is 8.00. The normalized spacial score (nSPS) is 13.2. The van der Waals surface area contributed by atoms with Gasteiger partial charge in [0.15, 0.2) is 0 Å². The molecule has 0 amide bonds. The third-order valence-electron chi connectivity index (χ3n) is 2.16. The average Bonchev–Trinajstić information content (AvgIpc) is 2.12. The van der Waals surface area contributed by atoms with Crippen molar-refractivity contribution in [2.45, 2.75) is 36.3 Å². The Morgan fingerprint density at radius 3 is 1.89 bits per heavy atom. The molecule has 1 aromatic carbocycles. The summed E-state index contributed by atoms with van der Waals surface area (Å²) in [6, 6.07) is 2.53. The predicted octanol–water partition coefficient (Wildman–Crippen LogP) is 5.44. The molecular formula is C11H10F6S. The molecule has 0 atom stereocenters. The summed E-state index contributed by atoms with van der Waals surface area (Å²) >= 11 is -0.537. The Morgan fingerprint density at radius 1 is 0.944 bits per heavy atom. The number of alkyl halides is 6. The fourth-order valence-electron chi connectivity index (χ4n) is 1.31. The molecule has 0 aliphatic rings. The maximum Gasteiger partial charge on any atom is 0.446 e. The second kappa shape index (κ2) is 5.03. The van der Waals surface area contributed by atoms with Gasteiger partial charge in [-0.3, -0.25) is 0 Å². The lowest BCUT2D eigenvalue weighted by atomic mass is 10.0. The molecule has 0 spiro atoms. The van der Waals surface area contributed by atoms with Gasteiger partial charge in [-0.2, -0.15) is 26.3 Å². The molecule has 0 radical (unpaired) electrons. The fourth-order valence-corrected chi connectivity index (χ4v) is 1.96. The van der Waals surface area contributed by atoms with Gasteiger partial charge in [0.05, 0.1) is 5.56 Å². The number of benzene rings is 1. The van der Waals surface area contributed by atoms with Crippen LogP contribution in [0.3, 0.4) is 0 Å². The van der Waals surface area contributed by atoms with Crippen molar-refractivity contribution in [1.82, 2.24) is 0 Å². The fraction of sp³-hybridized carbons (Fsp3) is 0.455. The number of thioether (sulfide) groups is 1. The van der Waals surface area contributed by atoms with Crippen molar-refractivity contribution < 1.29 is 26.3 Å². The van der Waals surface area contributed by atoms with Crippen molar-refractivity contribution in [3.05, 3.63) is 29.3 Å². The van der Waals surface area contributed by atoms with Gasteiger partial charge in [0.25, 0.3) is 0 Å². The minimum Gasteiger partial charge on any atom is -0.166 e. The molecular weight excluding hydrogens is 278 g/mol. The number of halogens is 6. The lowest BCUT2D eigenvalue weighted by molar-refractivity contribution is -0.137. The lowest BCUT2D eigenvalue weighted by Crippen LogP contribution is -2.07. The summed E-state index contributed by atoms with van der Waals surface area (Å²) in [5.74, 6) is -0.278. The van der Waals surface area contributed by atoms with Crippen LogP contribution >= 0.6 is 11.8 Å². The Morgan fingerprint density at radius 2 is 1.50 bits per heavy atom. The maximum atomic E-state index is 12.6. The van der Waals surface area contributed by atoms with E-state index in [0.29, 0.717) is 6.07 Å². The van der Waals surface area contributed by atoms with Crippen LogP contribution in [0.1, 0.15) is 30.9 Å². The van der Waals surface area contributed by atoms with E-state index in [4.69, 9.17) is 0 Å². The van der Waals surface area contributed by atoms with Gasteiger partial charge in [-0.1, -0.05) is 13.8 Å². The van der Waals surface area contributed by atoms with Crippen LogP contribution in [0.4, 0.5) is 26.3 Å². The van der Waals surface area contributed by atoms with Gasteiger partial charge in [0.2, 0.25) is 0 Å². The van der Waals surface area contributed by atoms with Gasteiger partial charge in [-0.25, -0.2) is 0 Å². The summed E-state index contributed by atoms with van der Waals surface area (Å²) in [5.41, 5.74) is -5.42. The van der Waals surface area contributed by atoms with Crippen LogP contribution in [0.25, 0.3) is 0 Å². The monoisotopic (exact) mass is 288 g/mol. The van der Waals surface area contributed by atoms with Crippen molar-refractivity contribution in [3.8, 4) is 0 Å². The summed E-state index contributed by atoms with van der Waals surface area (Å²) in [7, 11) is 0. The standard InChI is InChI=1S/C11H10F6S/c1-6(2)7-3-8(10(12,13)14)5-9(4-7)18-11(15,16)17/h3-6H,1-2H3. The van der Waals surface area contributed by atoms with Crippen molar-refractivity contribution >= 4 is 11.8 Å². The quantitative estimate of drug-likeness (QED) is 0.515. The minimum atomic E-state index is -4.65. The molecule has 0 unspecified atom stereocenters. The topological polar surface area (TPSA) is 0 Å². The predicted molar refractivity (Wildman–Crippen MR) is 57.4 cm³/mol. The molecule has 0 aliphatic heterocycles. The molecule has 102 valence electrons. The Bertz CT molecular complexity index is 419. The molecule has 0 N–H and O–H groups in total. The van der Waals surface area contributed by atoms with E-state index >= 15 is 0 Å². The maximum absolute atomic E-state index is 12.6. The van der Waals surface area contributed by atoms with Crippen molar-refractivity contribution in [3.63, 3.8) is 0 Å². The summed E-state index contributed by atoms with van der Waals surface area (Å²) in [5, 5.41) is 0. The Hall–Kier alpha value is -0.850. The highest BCUT2D eigenvalue weighted by Gasteiger charge is 2.34. The minimum absolute atomic E-state index is 0.233. The number of hydrogen-bond acceptors (Lipinski definition) is 1. The van der Waals surface area contributed by atoms with Gasteiger partial charge >= 0.3 is 11.7 Å². The highest BCUT2D eigenvalue weighted by Crippen LogP contribution is 2.40. The summed E-state index contributed by atoms with van der Waals surface area (Å²) in [6.45, 7) is 3.25. The molecule has 7 heteroatoms. The third-order valence-corrected chi connectivity index (χ3v) is 2.86. The van der Waals surface area contributed by atoms with Gasteiger partial charge in [0, 0.05) is 4.90 Å². The zero-order valence-corrected chi connectivity index (χ0v) is 10.3.